The molecule has 0 radical (unpaired) electrons. The molecule has 0 saturated heterocycles. The second kappa shape index (κ2) is 10.9. The fraction of sp³-hybridized carbons (Fsp3) is 0.0968. The van der Waals surface area contributed by atoms with E-state index in [4.69, 9.17) is 5.11 Å². The molecule has 0 spiro atoms. The Kier molecular flexibility index (Phi) is 7.32. The number of rotatable bonds is 7. The summed E-state index contributed by atoms with van der Waals surface area (Å²) in [6, 6.07) is 16.8. The van der Waals surface area contributed by atoms with Gasteiger partial charge in [-0.15, -0.1) is 0 Å². The van der Waals surface area contributed by atoms with Crippen molar-refractivity contribution in [2.24, 2.45) is 0 Å². The van der Waals surface area contributed by atoms with Gasteiger partial charge in [-0.1, -0.05) is 24.3 Å². The number of hydrogen-bond acceptors (Lipinski definition) is 2. The molecule has 0 atom stereocenters. The van der Waals surface area contributed by atoms with Crippen molar-refractivity contribution in [3.63, 3.8) is 0 Å². The number of H-pyrrole nitrogens is 1. The van der Waals surface area contributed by atoms with Crippen LogP contribution in [0.15, 0.2) is 85.1 Å². The lowest BCUT2D eigenvalue weighted by Crippen LogP contribution is -2.23. The summed E-state index contributed by atoms with van der Waals surface area (Å²) in [5.74, 6) is -3.17. The Morgan fingerprint density at radius 1 is 0.805 bits per heavy atom. The first-order valence-corrected chi connectivity index (χ1v) is 12.3. The maximum Gasteiger partial charge on any atom is 0.416 e. The first-order valence-electron chi connectivity index (χ1n) is 12.3. The highest BCUT2D eigenvalue weighted by molar-refractivity contribution is 6.09. The van der Waals surface area contributed by atoms with Crippen molar-refractivity contribution in [1.29, 1.82) is 0 Å². The van der Waals surface area contributed by atoms with Gasteiger partial charge >= 0.3 is 12.1 Å². The molecule has 0 fully saturated rings. The number of aromatic nitrogens is 1. The topological polar surface area (TPSA) is 82.2 Å². The molecule has 4 aromatic carbocycles. The number of carbonyl (C=O) groups is 2. The van der Waals surface area contributed by atoms with E-state index in [1.54, 1.807) is 24.4 Å². The van der Waals surface area contributed by atoms with Crippen molar-refractivity contribution in [2.75, 3.05) is 0 Å². The Balaban J connectivity index is 1.52. The number of aromatic amines is 1. The van der Waals surface area contributed by atoms with Crippen LogP contribution in [0.1, 0.15) is 43.0 Å². The van der Waals surface area contributed by atoms with Gasteiger partial charge in [0.2, 0.25) is 0 Å². The third-order valence-electron chi connectivity index (χ3n) is 6.63. The molecule has 5 aromatic rings. The van der Waals surface area contributed by atoms with Gasteiger partial charge in [0.25, 0.3) is 5.91 Å². The van der Waals surface area contributed by atoms with E-state index in [0.717, 1.165) is 30.3 Å². The highest BCUT2D eigenvalue weighted by Gasteiger charge is 2.30. The van der Waals surface area contributed by atoms with E-state index in [-0.39, 0.29) is 29.7 Å². The average molecular weight is 565 g/mol. The number of hydrogen-bond donors (Lipinski definition) is 3. The number of alkyl halides is 3. The number of amides is 1. The average Bonchev–Trinajstić information content (AvgIpc) is 3.33. The largest absolute Gasteiger partial charge is 0.478 e. The molecule has 0 unspecified atom stereocenters. The van der Waals surface area contributed by atoms with E-state index in [1.807, 2.05) is 0 Å². The molecule has 208 valence electrons. The molecule has 1 heterocycles. The molecule has 0 aliphatic heterocycles. The van der Waals surface area contributed by atoms with E-state index >= 15 is 0 Å². The second-order valence-corrected chi connectivity index (χ2v) is 9.47. The lowest BCUT2D eigenvalue weighted by Gasteiger charge is -2.12. The third kappa shape index (κ3) is 6.11. The molecular formula is C31H21F5N2O3. The van der Waals surface area contributed by atoms with Crippen LogP contribution < -0.4 is 5.32 Å². The van der Waals surface area contributed by atoms with Gasteiger partial charge in [0, 0.05) is 35.3 Å². The standard InChI is InChI=1S/C31H21F5N2O3/c32-24-10-20(11-25(33)14-24)21-12-26(29(39)38-15-18-1-5-19(6-2-18)30(40)41)28-22(16-37-27(28)13-21)9-17-3-7-23(8-4-17)31(34,35)36/h1-8,10-14,16,37H,9,15H2,(H,38,39)(H,40,41). The molecule has 0 bridgehead atoms. The van der Waals surface area contributed by atoms with Crippen LogP contribution in [0.25, 0.3) is 22.0 Å². The Bertz CT molecular complexity index is 1740. The van der Waals surface area contributed by atoms with E-state index in [1.165, 1.54) is 30.3 Å². The molecule has 0 aliphatic carbocycles. The summed E-state index contributed by atoms with van der Waals surface area (Å²) in [6.07, 6.45) is -2.62. The number of nitrogens with one attached hydrogen (secondary N) is 2. The minimum Gasteiger partial charge on any atom is -0.478 e. The van der Waals surface area contributed by atoms with Crippen LogP contribution in [0.2, 0.25) is 0 Å². The van der Waals surface area contributed by atoms with E-state index < -0.39 is 35.3 Å². The van der Waals surface area contributed by atoms with Crippen molar-refractivity contribution in [1.82, 2.24) is 10.3 Å². The Labute approximate surface area is 230 Å². The summed E-state index contributed by atoms with van der Waals surface area (Å²) in [5.41, 5.74) is 2.43. The van der Waals surface area contributed by atoms with Gasteiger partial charge in [-0.2, -0.15) is 13.2 Å². The molecule has 0 saturated carbocycles. The summed E-state index contributed by atoms with van der Waals surface area (Å²) in [7, 11) is 0. The quantitative estimate of drug-likeness (QED) is 0.181. The number of aromatic carboxylic acids is 1. The van der Waals surface area contributed by atoms with Gasteiger partial charge in [-0.3, -0.25) is 4.79 Å². The van der Waals surface area contributed by atoms with Gasteiger partial charge < -0.3 is 15.4 Å². The monoisotopic (exact) mass is 564 g/mol. The minimum atomic E-state index is -4.47. The molecule has 5 rings (SSSR count). The number of benzene rings is 4. The third-order valence-corrected chi connectivity index (χ3v) is 6.63. The van der Waals surface area contributed by atoms with Crippen molar-refractivity contribution in [3.8, 4) is 11.1 Å². The summed E-state index contributed by atoms with van der Waals surface area (Å²) in [4.78, 5) is 27.7. The SMILES string of the molecule is O=C(O)c1ccc(CNC(=O)c2cc(-c3cc(F)cc(F)c3)cc3[nH]cc(Cc4ccc(C(F)(F)F)cc4)c23)cc1. The zero-order chi connectivity index (χ0) is 29.3. The fourth-order valence-electron chi connectivity index (χ4n) is 4.62. The minimum absolute atomic E-state index is 0.0672. The molecule has 41 heavy (non-hydrogen) atoms. The molecule has 1 amide bonds. The highest BCUT2D eigenvalue weighted by atomic mass is 19.4. The van der Waals surface area contributed by atoms with Gasteiger partial charge in [-0.05, 0) is 82.8 Å². The number of carboxylic acids is 1. The van der Waals surface area contributed by atoms with Crippen molar-refractivity contribution < 1.29 is 36.6 Å². The highest BCUT2D eigenvalue weighted by Crippen LogP contribution is 2.33. The summed E-state index contributed by atoms with van der Waals surface area (Å²) < 4.78 is 67.0. The number of halogens is 5. The van der Waals surface area contributed by atoms with Crippen LogP contribution in [0.4, 0.5) is 22.0 Å². The van der Waals surface area contributed by atoms with Gasteiger partial charge in [0.05, 0.1) is 11.1 Å². The zero-order valence-corrected chi connectivity index (χ0v) is 21.2. The van der Waals surface area contributed by atoms with Crippen LogP contribution in [-0.4, -0.2) is 22.0 Å². The van der Waals surface area contributed by atoms with E-state index in [0.29, 0.717) is 33.2 Å². The molecule has 0 aliphatic rings. The molecule has 5 nitrogen and oxygen atoms in total. The predicted molar refractivity (Wildman–Crippen MR) is 142 cm³/mol. The van der Waals surface area contributed by atoms with Gasteiger partial charge in [0.15, 0.2) is 0 Å². The van der Waals surface area contributed by atoms with Crippen molar-refractivity contribution in [2.45, 2.75) is 19.1 Å². The molecular weight excluding hydrogens is 543 g/mol. The van der Waals surface area contributed by atoms with Crippen LogP contribution in [0.3, 0.4) is 0 Å². The van der Waals surface area contributed by atoms with Crippen LogP contribution in [-0.2, 0) is 19.1 Å². The van der Waals surface area contributed by atoms with E-state index in [9.17, 15) is 31.5 Å². The first-order chi connectivity index (χ1) is 19.5. The lowest BCUT2D eigenvalue weighted by molar-refractivity contribution is -0.137. The lowest BCUT2D eigenvalue weighted by atomic mass is 9.95. The summed E-state index contributed by atoms with van der Waals surface area (Å²) >= 11 is 0. The predicted octanol–water partition coefficient (Wildman–Crippen LogP) is 7.35. The fourth-order valence-corrected chi connectivity index (χ4v) is 4.62. The normalized spacial score (nSPS) is 11.5. The smallest absolute Gasteiger partial charge is 0.416 e. The number of carboxylic acid groups (broad SMARTS) is 1. The zero-order valence-electron chi connectivity index (χ0n) is 21.2. The molecule has 1 aromatic heterocycles. The van der Waals surface area contributed by atoms with Crippen molar-refractivity contribution in [3.05, 3.63) is 130 Å². The summed E-state index contributed by atoms with van der Waals surface area (Å²) in [5, 5.41) is 12.4. The first kappa shape index (κ1) is 27.6. The number of fused-ring (bicyclic) bond motifs is 1. The van der Waals surface area contributed by atoms with Gasteiger partial charge in [0.1, 0.15) is 11.6 Å². The van der Waals surface area contributed by atoms with Crippen LogP contribution in [0.5, 0.6) is 0 Å². The van der Waals surface area contributed by atoms with Crippen LogP contribution >= 0.6 is 0 Å². The second-order valence-electron chi connectivity index (χ2n) is 9.47. The molecule has 3 N–H and O–H groups in total. The Hall–Kier alpha value is -4.99. The van der Waals surface area contributed by atoms with Crippen molar-refractivity contribution >= 4 is 22.8 Å². The summed E-state index contributed by atoms with van der Waals surface area (Å²) in [6.45, 7) is 0.0672. The molecule has 10 heteroatoms. The van der Waals surface area contributed by atoms with E-state index in [2.05, 4.69) is 10.3 Å². The Morgan fingerprint density at radius 3 is 2.02 bits per heavy atom. The maximum atomic E-state index is 14.0. The Morgan fingerprint density at radius 2 is 1.41 bits per heavy atom. The van der Waals surface area contributed by atoms with Crippen LogP contribution in [0, 0.1) is 11.6 Å². The maximum absolute atomic E-state index is 14.0. The van der Waals surface area contributed by atoms with Gasteiger partial charge in [-0.25, -0.2) is 13.6 Å². The number of carbonyl (C=O) groups excluding carboxylic acids is 1.